The number of imidazole rings is 1. The lowest BCUT2D eigenvalue weighted by Crippen LogP contribution is -2.34. The quantitative estimate of drug-likeness (QED) is 0.850. The summed E-state index contributed by atoms with van der Waals surface area (Å²) in [5, 5.41) is 4.20. The molecule has 0 N–H and O–H groups in total. The standard InChI is InChI=1S/C14H18F3N5/c15-14(16,17)11-21-8-5-18-13(21)10-20-6-1-3-12(20)9-22-7-2-4-19-22/h2,4-5,7-8,12H,1,3,6,9-11H2/t12-/m1/s1. The highest BCUT2D eigenvalue weighted by molar-refractivity contribution is 4.95. The van der Waals surface area contributed by atoms with Crippen molar-refractivity contribution in [3.63, 3.8) is 0 Å². The number of alkyl halides is 3. The van der Waals surface area contributed by atoms with Crippen molar-refractivity contribution in [3.05, 3.63) is 36.7 Å². The van der Waals surface area contributed by atoms with Crippen molar-refractivity contribution in [2.24, 2.45) is 0 Å². The summed E-state index contributed by atoms with van der Waals surface area (Å²) < 4.78 is 40.8. The monoisotopic (exact) mass is 313 g/mol. The number of nitrogens with zero attached hydrogens (tertiary/aromatic N) is 5. The van der Waals surface area contributed by atoms with Gasteiger partial charge in [0.1, 0.15) is 12.4 Å². The Balaban J connectivity index is 1.66. The molecule has 8 heteroatoms. The minimum absolute atomic E-state index is 0.288. The van der Waals surface area contributed by atoms with Crippen molar-refractivity contribution in [3.8, 4) is 0 Å². The first-order valence-corrected chi connectivity index (χ1v) is 7.29. The predicted octanol–water partition coefficient (Wildman–Crippen LogP) is 2.31. The summed E-state index contributed by atoms with van der Waals surface area (Å²) in [6.45, 7) is 1.09. The number of halogens is 3. The number of hydrogen-bond acceptors (Lipinski definition) is 3. The minimum atomic E-state index is -4.23. The van der Waals surface area contributed by atoms with Crippen molar-refractivity contribution in [2.45, 2.75) is 44.7 Å². The normalized spacial score (nSPS) is 19.9. The highest BCUT2D eigenvalue weighted by Gasteiger charge is 2.30. The molecule has 2 aromatic heterocycles. The second-order valence-electron chi connectivity index (χ2n) is 5.58. The molecule has 0 amide bonds. The van der Waals surface area contributed by atoms with Crippen LogP contribution in [-0.2, 0) is 19.6 Å². The molecule has 1 aliphatic rings. The minimum Gasteiger partial charge on any atom is -0.325 e. The van der Waals surface area contributed by atoms with Crippen LogP contribution in [0.4, 0.5) is 13.2 Å². The molecule has 22 heavy (non-hydrogen) atoms. The lowest BCUT2D eigenvalue weighted by molar-refractivity contribution is -0.141. The first-order valence-electron chi connectivity index (χ1n) is 7.29. The average molecular weight is 313 g/mol. The fourth-order valence-corrected chi connectivity index (χ4v) is 2.94. The van der Waals surface area contributed by atoms with E-state index in [2.05, 4.69) is 15.0 Å². The first kappa shape index (κ1) is 15.1. The first-order chi connectivity index (χ1) is 10.5. The Morgan fingerprint density at radius 1 is 1.23 bits per heavy atom. The van der Waals surface area contributed by atoms with Crippen LogP contribution in [0, 0.1) is 0 Å². The Hall–Kier alpha value is -1.83. The van der Waals surface area contributed by atoms with E-state index in [0.717, 1.165) is 25.9 Å². The Bertz CT molecular complexity index is 590. The van der Waals surface area contributed by atoms with Crippen LogP contribution in [0.3, 0.4) is 0 Å². The van der Waals surface area contributed by atoms with Gasteiger partial charge in [-0.2, -0.15) is 18.3 Å². The van der Waals surface area contributed by atoms with Crippen molar-refractivity contribution < 1.29 is 13.2 Å². The van der Waals surface area contributed by atoms with E-state index in [-0.39, 0.29) is 6.04 Å². The molecular formula is C14H18F3N5. The van der Waals surface area contributed by atoms with Gasteiger partial charge in [-0.1, -0.05) is 0 Å². The van der Waals surface area contributed by atoms with Crippen molar-refractivity contribution in [1.29, 1.82) is 0 Å². The highest BCUT2D eigenvalue weighted by Crippen LogP contribution is 2.23. The summed E-state index contributed by atoms with van der Waals surface area (Å²) in [5.74, 6) is 0.463. The zero-order valence-corrected chi connectivity index (χ0v) is 12.1. The molecule has 120 valence electrons. The van der Waals surface area contributed by atoms with Gasteiger partial charge in [0, 0.05) is 30.8 Å². The Morgan fingerprint density at radius 2 is 2.09 bits per heavy atom. The third-order valence-corrected chi connectivity index (χ3v) is 3.95. The van der Waals surface area contributed by atoms with E-state index in [1.165, 1.54) is 17.0 Å². The van der Waals surface area contributed by atoms with Gasteiger partial charge in [0.15, 0.2) is 0 Å². The lowest BCUT2D eigenvalue weighted by Gasteiger charge is -2.24. The lowest BCUT2D eigenvalue weighted by atomic mass is 10.2. The fraction of sp³-hybridized carbons (Fsp3) is 0.571. The molecule has 1 atom stereocenters. The van der Waals surface area contributed by atoms with Gasteiger partial charge in [-0.3, -0.25) is 9.58 Å². The van der Waals surface area contributed by atoms with Crippen LogP contribution in [0.25, 0.3) is 0 Å². The van der Waals surface area contributed by atoms with E-state index >= 15 is 0 Å². The number of rotatable bonds is 5. The van der Waals surface area contributed by atoms with E-state index in [9.17, 15) is 13.2 Å². The fourth-order valence-electron chi connectivity index (χ4n) is 2.94. The van der Waals surface area contributed by atoms with E-state index in [1.54, 1.807) is 6.20 Å². The molecule has 3 rings (SSSR count). The maximum atomic E-state index is 12.6. The predicted molar refractivity (Wildman–Crippen MR) is 73.9 cm³/mol. The molecule has 0 aliphatic carbocycles. The SMILES string of the molecule is FC(F)(F)Cn1ccnc1CN1CCC[C@@H]1Cn1cccn1. The van der Waals surface area contributed by atoms with E-state index in [1.807, 2.05) is 16.9 Å². The van der Waals surface area contributed by atoms with Crippen LogP contribution < -0.4 is 0 Å². The highest BCUT2D eigenvalue weighted by atomic mass is 19.4. The second kappa shape index (κ2) is 6.12. The van der Waals surface area contributed by atoms with E-state index < -0.39 is 12.7 Å². The zero-order valence-electron chi connectivity index (χ0n) is 12.1. The van der Waals surface area contributed by atoms with E-state index in [0.29, 0.717) is 12.4 Å². The summed E-state index contributed by atoms with van der Waals surface area (Å²) in [6, 6.07) is 2.16. The molecule has 1 saturated heterocycles. The average Bonchev–Trinajstić information content (AvgIpc) is 3.14. The molecule has 1 aliphatic heterocycles. The van der Waals surface area contributed by atoms with Gasteiger partial charge >= 0.3 is 6.18 Å². The molecule has 0 saturated carbocycles. The number of likely N-dealkylation sites (tertiary alicyclic amines) is 1. The van der Waals surface area contributed by atoms with Crippen molar-refractivity contribution >= 4 is 0 Å². The molecule has 0 unspecified atom stereocenters. The summed E-state index contributed by atoms with van der Waals surface area (Å²) in [5.41, 5.74) is 0. The maximum Gasteiger partial charge on any atom is 0.406 e. The molecule has 2 aromatic rings. The molecule has 5 nitrogen and oxygen atoms in total. The van der Waals surface area contributed by atoms with Gasteiger partial charge in [0.05, 0.1) is 13.1 Å². The van der Waals surface area contributed by atoms with Crippen LogP contribution in [0.15, 0.2) is 30.9 Å². The molecule has 0 spiro atoms. The second-order valence-corrected chi connectivity index (χ2v) is 5.58. The largest absolute Gasteiger partial charge is 0.406 e. The van der Waals surface area contributed by atoms with Crippen molar-refractivity contribution in [2.75, 3.05) is 6.54 Å². The third-order valence-electron chi connectivity index (χ3n) is 3.95. The Morgan fingerprint density at radius 3 is 2.82 bits per heavy atom. The summed E-state index contributed by atoms with van der Waals surface area (Å²) in [6.07, 6.45) is 4.30. The van der Waals surface area contributed by atoms with Crippen LogP contribution in [0.1, 0.15) is 18.7 Å². The molecule has 1 fully saturated rings. The smallest absolute Gasteiger partial charge is 0.325 e. The summed E-state index contributed by atoms with van der Waals surface area (Å²) in [7, 11) is 0. The molecule has 0 aromatic carbocycles. The summed E-state index contributed by atoms with van der Waals surface area (Å²) in [4.78, 5) is 6.29. The van der Waals surface area contributed by atoms with Gasteiger partial charge in [0.25, 0.3) is 0 Å². The van der Waals surface area contributed by atoms with Crippen molar-refractivity contribution in [1.82, 2.24) is 24.2 Å². The van der Waals surface area contributed by atoms with Gasteiger partial charge in [-0.15, -0.1) is 0 Å². The molecule has 0 radical (unpaired) electrons. The van der Waals surface area contributed by atoms with Crippen LogP contribution in [0.2, 0.25) is 0 Å². The topological polar surface area (TPSA) is 38.9 Å². The van der Waals surface area contributed by atoms with Gasteiger partial charge in [0.2, 0.25) is 0 Å². The zero-order chi connectivity index (χ0) is 15.6. The van der Waals surface area contributed by atoms with Crippen LogP contribution >= 0.6 is 0 Å². The molecule has 0 bridgehead atoms. The number of aromatic nitrogens is 4. The molecule has 3 heterocycles. The Labute approximate surface area is 126 Å². The maximum absolute atomic E-state index is 12.6. The van der Waals surface area contributed by atoms with Crippen LogP contribution in [-0.4, -0.2) is 43.0 Å². The molecular weight excluding hydrogens is 295 g/mol. The summed E-state index contributed by atoms with van der Waals surface area (Å²) >= 11 is 0. The Kier molecular flexibility index (Phi) is 4.19. The number of hydrogen-bond donors (Lipinski definition) is 0. The van der Waals surface area contributed by atoms with Gasteiger partial charge in [-0.25, -0.2) is 4.98 Å². The van der Waals surface area contributed by atoms with Crippen LogP contribution in [0.5, 0.6) is 0 Å². The van der Waals surface area contributed by atoms with Gasteiger partial charge in [-0.05, 0) is 25.5 Å². The van der Waals surface area contributed by atoms with E-state index in [4.69, 9.17) is 0 Å². The van der Waals surface area contributed by atoms with Gasteiger partial charge < -0.3 is 4.57 Å². The third kappa shape index (κ3) is 3.68.